The number of rotatable bonds is 5. The maximum Gasteiger partial charge on any atom is 0.0376 e. The third kappa shape index (κ3) is 3.20. The van der Waals surface area contributed by atoms with E-state index in [0.29, 0.717) is 17.5 Å². The minimum atomic E-state index is 0.357. The number of fused-ring (bicyclic) bond motifs is 1. The van der Waals surface area contributed by atoms with Gasteiger partial charge < -0.3 is 5.32 Å². The van der Waals surface area contributed by atoms with Crippen LogP contribution in [-0.4, -0.2) is 6.04 Å². The fourth-order valence-corrected chi connectivity index (χ4v) is 3.37. The van der Waals surface area contributed by atoms with Gasteiger partial charge in [0.2, 0.25) is 0 Å². The second-order valence-electron chi connectivity index (χ2n) is 6.68. The number of nitrogens with one attached hydrogen (secondary N) is 1. The Balaban J connectivity index is 2.25. The Morgan fingerprint density at radius 3 is 2.68 bits per heavy atom. The molecule has 1 heteroatoms. The first kappa shape index (κ1) is 14.6. The second-order valence-corrected chi connectivity index (χ2v) is 6.68. The molecular weight excluding hydrogens is 230 g/mol. The van der Waals surface area contributed by atoms with Crippen molar-refractivity contribution in [1.82, 2.24) is 5.32 Å². The topological polar surface area (TPSA) is 12.0 Å². The summed E-state index contributed by atoms with van der Waals surface area (Å²) in [7, 11) is 0. The summed E-state index contributed by atoms with van der Waals surface area (Å²) in [6.07, 6.45) is 6.28. The molecule has 1 aromatic rings. The van der Waals surface area contributed by atoms with Crippen LogP contribution in [0.2, 0.25) is 0 Å². The van der Waals surface area contributed by atoms with Gasteiger partial charge in [-0.15, -0.1) is 0 Å². The van der Waals surface area contributed by atoms with E-state index in [0.717, 1.165) is 0 Å². The van der Waals surface area contributed by atoms with Crippen LogP contribution in [0.1, 0.15) is 70.5 Å². The molecule has 1 aliphatic carbocycles. The number of hydrogen-bond donors (Lipinski definition) is 1. The van der Waals surface area contributed by atoms with E-state index in [9.17, 15) is 0 Å². The molecule has 2 rings (SSSR count). The van der Waals surface area contributed by atoms with Crippen LogP contribution in [0, 0.1) is 5.41 Å². The van der Waals surface area contributed by atoms with Crippen molar-refractivity contribution in [1.29, 1.82) is 0 Å². The predicted molar refractivity (Wildman–Crippen MR) is 83.4 cm³/mol. The van der Waals surface area contributed by atoms with Crippen molar-refractivity contribution in [3.63, 3.8) is 0 Å². The zero-order valence-electron chi connectivity index (χ0n) is 13.0. The van der Waals surface area contributed by atoms with Crippen LogP contribution in [0.3, 0.4) is 0 Å². The molecule has 0 heterocycles. The van der Waals surface area contributed by atoms with Crippen molar-refractivity contribution < 1.29 is 0 Å². The zero-order chi connectivity index (χ0) is 13.9. The molecule has 1 N–H and O–H groups in total. The maximum atomic E-state index is 3.95. The van der Waals surface area contributed by atoms with E-state index in [1.165, 1.54) is 37.7 Å². The molecule has 106 valence electrons. The molecule has 0 bridgehead atoms. The second kappa shape index (κ2) is 6.09. The smallest absolute Gasteiger partial charge is 0.0376 e. The summed E-state index contributed by atoms with van der Waals surface area (Å²) in [5.41, 5.74) is 3.44. The van der Waals surface area contributed by atoms with Gasteiger partial charge in [0.05, 0.1) is 0 Å². The highest BCUT2D eigenvalue weighted by molar-refractivity contribution is 5.34. The van der Waals surface area contributed by atoms with Gasteiger partial charge in [0.1, 0.15) is 0 Å². The van der Waals surface area contributed by atoms with E-state index in [4.69, 9.17) is 0 Å². The van der Waals surface area contributed by atoms with Crippen LogP contribution in [0.4, 0.5) is 0 Å². The van der Waals surface area contributed by atoms with Gasteiger partial charge in [-0.1, -0.05) is 58.4 Å². The minimum absolute atomic E-state index is 0.357. The molecule has 0 saturated carbocycles. The van der Waals surface area contributed by atoms with E-state index in [1.54, 1.807) is 5.56 Å². The van der Waals surface area contributed by atoms with Gasteiger partial charge in [-0.3, -0.25) is 0 Å². The Labute approximate surface area is 118 Å². The lowest BCUT2D eigenvalue weighted by molar-refractivity contribution is 0.188. The van der Waals surface area contributed by atoms with Gasteiger partial charge in [0.15, 0.2) is 0 Å². The third-order valence-corrected chi connectivity index (χ3v) is 4.72. The number of benzene rings is 1. The van der Waals surface area contributed by atoms with Crippen molar-refractivity contribution in [2.75, 3.05) is 0 Å². The van der Waals surface area contributed by atoms with Gasteiger partial charge in [-0.05, 0) is 42.2 Å². The summed E-state index contributed by atoms with van der Waals surface area (Å²) >= 11 is 0. The summed E-state index contributed by atoms with van der Waals surface area (Å²) in [6.45, 7) is 9.41. The monoisotopic (exact) mass is 259 g/mol. The standard InChI is InChI=1S/C18H29N/c1-5-9-15(6-2)19-17-16-11-8-7-10-14(16)12-13-18(17,3)4/h7-8,10-11,15,17,19H,5-6,9,12-13H2,1-4H3. The molecule has 19 heavy (non-hydrogen) atoms. The molecule has 2 atom stereocenters. The van der Waals surface area contributed by atoms with Gasteiger partial charge in [-0.25, -0.2) is 0 Å². The Kier molecular flexibility index (Phi) is 4.67. The lowest BCUT2D eigenvalue weighted by Crippen LogP contribution is -2.42. The SMILES string of the molecule is CCCC(CC)NC1c2ccccc2CCC1(C)C. The van der Waals surface area contributed by atoms with Crippen molar-refractivity contribution in [2.45, 2.75) is 71.9 Å². The molecule has 0 spiro atoms. The van der Waals surface area contributed by atoms with Crippen LogP contribution < -0.4 is 5.32 Å². The summed E-state index contributed by atoms with van der Waals surface area (Å²) < 4.78 is 0. The lowest BCUT2D eigenvalue weighted by atomic mass is 9.70. The van der Waals surface area contributed by atoms with Gasteiger partial charge >= 0.3 is 0 Å². The van der Waals surface area contributed by atoms with Crippen LogP contribution in [-0.2, 0) is 6.42 Å². The molecule has 0 radical (unpaired) electrons. The van der Waals surface area contributed by atoms with E-state index < -0.39 is 0 Å². The van der Waals surface area contributed by atoms with Crippen LogP contribution >= 0.6 is 0 Å². The molecule has 0 fully saturated rings. The summed E-state index contributed by atoms with van der Waals surface area (Å²) in [5.74, 6) is 0. The maximum absolute atomic E-state index is 3.95. The molecule has 0 amide bonds. The van der Waals surface area contributed by atoms with E-state index in [2.05, 4.69) is 57.3 Å². The largest absolute Gasteiger partial charge is 0.307 e. The number of aryl methyl sites for hydroxylation is 1. The molecule has 1 aliphatic rings. The average molecular weight is 259 g/mol. The Bertz CT molecular complexity index is 408. The fourth-order valence-electron chi connectivity index (χ4n) is 3.37. The van der Waals surface area contributed by atoms with E-state index in [1.807, 2.05) is 0 Å². The minimum Gasteiger partial charge on any atom is -0.307 e. The summed E-state index contributed by atoms with van der Waals surface area (Å²) in [5, 5.41) is 3.95. The summed E-state index contributed by atoms with van der Waals surface area (Å²) in [4.78, 5) is 0. The van der Waals surface area contributed by atoms with Crippen LogP contribution in [0.15, 0.2) is 24.3 Å². The van der Waals surface area contributed by atoms with Crippen molar-refractivity contribution in [3.8, 4) is 0 Å². The predicted octanol–water partition coefficient (Wildman–Crippen LogP) is 4.87. The third-order valence-electron chi connectivity index (χ3n) is 4.72. The van der Waals surface area contributed by atoms with Gasteiger partial charge in [0.25, 0.3) is 0 Å². The van der Waals surface area contributed by atoms with E-state index in [-0.39, 0.29) is 0 Å². The van der Waals surface area contributed by atoms with Gasteiger partial charge in [0, 0.05) is 12.1 Å². The van der Waals surface area contributed by atoms with Crippen molar-refractivity contribution in [3.05, 3.63) is 35.4 Å². The first-order valence-corrected chi connectivity index (χ1v) is 7.92. The molecule has 0 aliphatic heterocycles. The fraction of sp³-hybridized carbons (Fsp3) is 0.667. The highest BCUT2D eigenvalue weighted by Crippen LogP contribution is 2.43. The van der Waals surface area contributed by atoms with E-state index >= 15 is 0 Å². The highest BCUT2D eigenvalue weighted by atomic mass is 15.0. The van der Waals surface area contributed by atoms with Crippen molar-refractivity contribution in [2.24, 2.45) is 5.41 Å². The number of hydrogen-bond acceptors (Lipinski definition) is 1. The molecule has 0 saturated heterocycles. The Hall–Kier alpha value is -0.820. The molecule has 0 aromatic heterocycles. The molecular formula is C18H29N. The quantitative estimate of drug-likeness (QED) is 0.795. The Morgan fingerprint density at radius 1 is 1.26 bits per heavy atom. The first-order valence-electron chi connectivity index (χ1n) is 7.92. The lowest BCUT2D eigenvalue weighted by Gasteiger charge is -2.42. The summed E-state index contributed by atoms with van der Waals surface area (Å²) in [6, 6.07) is 10.2. The van der Waals surface area contributed by atoms with Gasteiger partial charge in [-0.2, -0.15) is 0 Å². The molecule has 2 unspecified atom stereocenters. The van der Waals surface area contributed by atoms with Crippen LogP contribution in [0.5, 0.6) is 0 Å². The Morgan fingerprint density at radius 2 is 2.00 bits per heavy atom. The zero-order valence-corrected chi connectivity index (χ0v) is 13.0. The normalized spacial score (nSPS) is 22.8. The van der Waals surface area contributed by atoms with Crippen LogP contribution in [0.25, 0.3) is 0 Å². The molecule has 1 nitrogen and oxygen atoms in total. The average Bonchev–Trinajstić information content (AvgIpc) is 2.41. The highest BCUT2D eigenvalue weighted by Gasteiger charge is 2.36. The first-order chi connectivity index (χ1) is 9.08. The molecule has 1 aromatic carbocycles. The van der Waals surface area contributed by atoms with Crippen molar-refractivity contribution >= 4 is 0 Å².